The van der Waals surface area contributed by atoms with Gasteiger partial charge in [0, 0.05) is 12.5 Å². The maximum Gasteiger partial charge on any atom is 0.343 e. The first-order valence-corrected chi connectivity index (χ1v) is 7.23. The molecule has 1 aromatic heterocycles. The van der Waals surface area contributed by atoms with Gasteiger partial charge in [-0.2, -0.15) is 0 Å². The minimum Gasteiger partial charge on any atom is -0.456 e. The number of halogens is 1. The van der Waals surface area contributed by atoms with Gasteiger partial charge in [-0.05, 0) is 32.4 Å². The lowest BCUT2D eigenvalue weighted by molar-refractivity contribution is 0.00636. The third kappa shape index (κ3) is 3.92. The molecule has 8 heteroatoms. The normalized spacial score (nSPS) is 12.3. The quantitative estimate of drug-likeness (QED) is 0.466. The Labute approximate surface area is 110 Å². The molecule has 0 N–H and O–H groups in total. The molecular weight excluding hydrogens is 280 g/mol. The van der Waals surface area contributed by atoms with Crippen LogP contribution in [0.4, 0.5) is 0 Å². The average Bonchev–Trinajstić information content (AvgIpc) is 2.13. The summed E-state index contributed by atoms with van der Waals surface area (Å²) in [6.07, 6.45) is 1.97. The van der Waals surface area contributed by atoms with Crippen molar-refractivity contribution in [2.24, 2.45) is 0 Å². The van der Waals surface area contributed by atoms with E-state index in [-0.39, 0.29) is 10.8 Å². The van der Waals surface area contributed by atoms with Gasteiger partial charge < -0.3 is 4.74 Å². The molecule has 0 atom stereocenters. The van der Waals surface area contributed by atoms with Gasteiger partial charge in [-0.3, -0.25) is 0 Å². The largest absolute Gasteiger partial charge is 0.456 e. The number of aromatic nitrogens is 2. The molecule has 1 aromatic rings. The molecule has 6 nitrogen and oxygen atoms in total. The van der Waals surface area contributed by atoms with Gasteiger partial charge in [0.2, 0.25) is 5.28 Å². The number of carbonyl (C=O) groups excluding carboxylic acids is 1. The fourth-order valence-electron chi connectivity index (χ4n) is 1.10. The average molecular weight is 293 g/mol. The van der Waals surface area contributed by atoms with E-state index in [1.165, 1.54) is 0 Å². The van der Waals surface area contributed by atoms with E-state index in [0.29, 0.717) is 0 Å². The van der Waals surface area contributed by atoms with E-state index in [1.807, 2.05) is 0 Å². The molecule has 100 valence electrons. The fourth-order valence-corrected chi connectivity index (χ4v) is 2.07. The molecule has 18 heavy (non-hydrogen) atoms. The van der Waals surface area contributed by atoms with Crippen LogP contribution in [0.2, 0.25) is 5.28 Å². The van der Waals surface area contributed by atoms with Crippen molar-refractivity contribution >= 4 is 27.4 Å². The molecule has 0 aromatic carbocycles. The molecule has 0 amide bonds. The van der Waals surface area contributed by atoms with Crippen LogP contribution in [-0.2, 0) is 14.6 Å². The van der Waals surface area contributed by atoms with Crippen LogP contribution < -0.4 is 0 Å². The van der Waals surface area contributed by atoms with Gasteiger partial charge >= 0.3 is 5.97 Å². The zero-order valence-electron chi connectivity index (χ0n) is 10.4. The zero-order valence-corrected chi connectivity index (χ0v) is 12.0. The molecule has 0 saturated carbocycles. The molecule has 0 fully saturated rings. The predicted molar refractivity (Wildman–Crippen MR) is 65.3 cm³/mol. The molecule has 0 unspecified atom stereocenters. The van der Waals surface area contributed by atoms with Gasteiger partial charge in [0.1, 0.15) is 11.2 Å². The molecule has 0 aliphatic heterocycles. The standard InChI is InChI=1S/C10H13ClN2O4S/c1-10(2,3)17-8(14)6-5-12-9(11)13-7(6)18(4,15)16/h5H,1-4H3. The molecule has 1 rings (SSSR count). The summed E-state index contributed by atoms with van der Waals surface area (Å²) in [4.78, 5) is 19.0. The van der Waals surface area contributed by atoms with Crippen LogP contribution >= 0.6 is 11.6 Å². The molecule has 0 radical (unpaired) electrons. The molecule has 0 bridgehead atoms. The summed E-state index contributed by atoms with van der Waals surface area (Å²) >= 11 is 5.52. The highest BCUT2D eigenvalue weighted by atomic mass is 35.5. The zero-order chi connectivity index (χ0) is 14.1. The Morgan fingerprint density at radius 2 is 1.94 bits per heavy atom. The van der Waals surface area contributed by atoms with E-state index in [1.54, 1.807) is 20.8 Å². The molecular formula is C10H13ClN2O4S. The van der Waals surface area contributed by atoms with E-state index in [4.69, 9.17) is 16.3 Å². The van der Waals surface area contributed by atoms with Gasteiger partial charge in [-0.15, -0.1) is 0 Å². The predicted octanol–water partition coefficient (Wildman–Crippen LogP) is 1.49. The van der Waals surface area contributed by atoms with Crippen molar-refractivity contribution in [2.45, 2.75) is 31.4 Å². The maximum absolute atomic E-state index is 11.8. The smallest absolute Gasteiger partial charge is 0.343 e. The Morgan fingerprint density at radius 3 is 2.39 bits per heavy atom. The number of hydrogen-bond donors (Lipinski definition) is 0. The lowest BCUT2D eigenvalue weighted by Crippen LogP contribution is -2.25. The van der Waals surface area contributed by atoms with Crippen LogP contribution in [-0.4, -0.2) is 36.2 Å². The van der Waals surface area contributed by atoms with Crippen molar-refractivity contribution in [1.29, 1.82) is 0 Å². The Bertz CT molecular complexity index is 578. The first kappa shape index (κ1) is 14.8. The van der Waals surface area contributed by atoms with Gasteiger partial charge in [0.05, 0.1) is 0 Å². The molecule has 0 aliphatic carbocycles. The van der Waals surface area contributed by atoms with Crippen LogP contribution in [0.15, 0.2) is 11.2 Å². The Balaban J connectivity index is 3.30. The Hall–Kier alpha value is -1.21. The molecule has 0 aliphatic rings. The number of carbonyl (C=O) groups is 1. The molecule has 0 spiro atoms. The third-order valence-corrected chi connectivity index (χ3v) is 2.89. The van der Waals surface area contributed by atoms with Crippen molar-refractivity contribution in [3.05, 3.63) is 17.0 Å². The molecule has 0 saturated heterocycles. The highest BCUT2D eigenvalue weighted by Crippen LogP contribution is 2.18. The first-order valence-electron chi connectivity index (χ1n) is 4.96. The van der Waals surface area contributed by atoms with E-state index < -0.39 is 26.4 Å². The summed E-state index contributed by atoms with van der Waals surface area (Å²) in [5.74, 6) is -0.806. The summed E-state index contributed by atoms with van der Waals surface area (Å²) in [7, 11) is -3.69. The van der Waals surface area contributed by atoms with E-state index in [0.717, 1.165) is 12.5 Å². The number of ether oxygens (including phenoxy) is 1. The van der Waals surface area contributed by atoms with Gasteiger partial charge in [0.25, 0.3) is 0 Å². The summed E-state index contributed by atoms with van der Waals surface area (Å²) in [6, 6.07) is 0. The number of rotatable bonds is 2. The summed E-state index contributed by atoms with van der Waals surface area (Å²) in [5, 5.41) is -0.681. The molecule has 1 heterocycles. The van der Waals surface area contributed by atoms with E-state index in [9.17, 15) is 13.2 Å². The van der Waals surface area contributed by atoms with Crippen molar-refractivity contribution in [1.82, 2.24) is 9.97 Å². The van der Waals surface area contributed by atoms with Crippen molar-refractivity contribution in [2.75, 3.05) is 6.26 Å². The lowest BCUT2D eigenvalue weighted by atomic mass is 10.2. The van der Waals surface area contributed by atoms with Crippen molar-refractivity contribution < 1.29 is 17.9 Å². The topological polar surface area (TPSA) is 86.2 Å². The second-order valence-corrected chi connectivity index (χ2v) is 6.90. The van der Waals surface area contributed by atoms with E-state index in [2.05, 4.69) is 9.97 Å². The van der Waals surface area contributed by atoms with E-state index >= 15 is 0 Å². The SMILES string of the molecule is CC(C)(C)OC(=O)c1cnc(Cl)nc1S(C)(=O)=O. The lowest BCUT2D eigenvalue weighted by Gasteiger charge is -2.19. The number of hydrogen-bond acceptors (Lipinski definition) is 6. The summed E-state index contributed by atoms with van der Waals surface area (Å²) in [5.41, 5.74) is -0.970. The Kier molecular flexibility index (Phi) is 3.97. The Morgan fingerprint density at radius 1 is 1.39 bits per heavy atom. The van der Waals surface area contributed by atoms with Crippen molar-refractivity contribution in [3.63, 3.8) is 0 Å². The minimum absolute atomic E-state index is 0.225. The second-order valence-electron chi connectivity index (χ2n) is 4.63. The number of esters is 1. The van der Waals surface area contributed by atoms with Crippen molar-refractivity contribution in [3.8, 4) is 0 Å². The number of nitrogens with zero attached hydrogens (tertiary/aromatic N) is 2. The fraction of sp³-hybridized carbons (Fsp3) is 0.500. The summed E-state index contributed by atoms with van der Waals surface area (Å²) < 4.78 is 28.1. The van der Waals surface area contributed by atoms with Gasteiger partial charge in [0.15, 0.2) is 14.9 Å². The highest BCUT2D eigenvalue weighted by molar-refractivity contribution is 7.90. The van der Waals surface area contributed by atoms with Crippen LogP contribution in [0.3, 0.4) is 0 Å². The summed E-state index contributed by atoms with van der Waals surface area (Å²) in [6.45, 7) is 5.01. The highest BCUT2D eigenvalue weighted by Gasteiger charge is 2.26. The third-order valence-electron chi connectivity index (χ3n) is 1.69. The van der Waals surface area contributed by atoms with Crippen LogP contribution in [0.1, 0.15) is 31.1 Å². The van der Waals surface area contributed by atoms with Crippen LogP contribution in [0.25, 0.3) is 0 Å². The van der Waals surface area contributed by atoms with Gasteiger partial charge in [-0.25, -0.2) is 23.2 Å². The van der Waals surface area contributed by atoms with Gasteiger partial charge in [-0.1, -0.05) is 0 Å². The second kappa shape index (κ2) is 4.81. The maximum atomic E-state index is 11.8. The monoisotopic (exact) mass is 292 g/mol. The number of sulfone groups is 1. The van der Waals surface area contributed by atoms with Crippen LogP contribution in [0, 0.1) is 0 Å². The minimum atomic E-state index is -3.69. The first-order chi connectivity index (χ1) is 8.00. The van der Waals surface area contributed by atoms with Crippen LogP contribution in [0.5, 0.6) is 0 Å².